The summed E-state index contributed by atoms with van der Waals surface area (Å²) in [6, 6.07) is 3.53. The van der Waals surface area contributed by atoms with E-state index in [2.05, 4.69) is 4.98 Å². The highest BCUT2D eigenvalue weighted by molar-refractivity contribution is 5.95. The zero-order valence-electron chi connectivity index (χ0n) is 12.0. The van der Waals surface area contributed by atoms with E-state index < -0.39 is 0 Å². The molecule has 0 aliphatic carbocycles. The van der Waals surface area contributed by atoms with Gasteiger partial charge >= 0.3 is 5.97 Å². The van der Waals surface area contributed by atoms with Crippen LogP contribution in [0.15, 0.2) is 18.3 Å². The van der Waals surface area contributed by atoms with Crippen LogP contribution in [0.2, 0.25) is 0 Å². The van der Waals surface area contributed by atoms with Crippen molar-refractivity contribution < 1.29 is 14.3 Å². The molecule has 1 saturated heterocycles. The minimum absolute atomic E-state index is 0.0513. The molecule has 1 aliphatic heterocycles. The second-order valence-corrected chi connectivity index (χ2v) is 4.98. The van der Waals surface area contributed by atoms with Gasteiger partial charge in [-0.15, -0.1) is 0 Å². The van der Waals surface area contributed by atoms with Crippen LogP contribution >= 0.6 is 0 Å². The molecule has 2 rings (SSSR count). The molecule has 0 N–H and O–H groups in total. The monoisotopic (exact) mass is 276 g/mol. The third-order valence-corrected chi connectivity index (χ3v) is 3.57. The van der Waals surface area contributed by atoms with E-state index in [9.17, 15) is 9.59 Å². The lowest BCUT2D eigenvalue weighted by Crippen LogP contribution is -2.43. The van der Waals surface area contributed by atoms with Crippen molar-refractivity contribution in [2.75, 3.05) is 19.7 Å². The molecule has 0 bridgehead atoms. The van der Waals surface area contributed by atoms with Crippen LogP contribution < -0.4 is 0 Å². The molecule has 1 aromatic heterocycles. The van der Waals surface area contributed by atoms with Gasteiger partial charge in [-0.05, 0) is 38.8 Å². The number of nitrogens with zero attached hydrogens (tertiary/aromatic N) is 2. The Bertz CT molecular complexity index is 502. The van der Waals surface area contributed by atoms with Crippen molar-refractivity contribution in [1.29, 1.82) is 0 Å². The standard InChI is InChI=1S/C15H20N2O3/c1-3-20-15(19)12-6-5-9-17(10-12)14(18)13-7-4-8-16-11(13)2/h4,7-8,12H,3,5-6,9-10H2,1-2H3/t12-/m1/s1. The largest absolute Gasteiger partial charge is 0.466 e. The van der Waals surface area contributed by atoms with Gasteiger partial charge in [0.05, 0.1) is 18.1 Å². The number of rotatable bonds is 3. The summed E-state index contributed by atoms with van der Waals surface area (Å²) in [4.78, 5) is 30.1. The number of aromatic nitrogens is 1. The second kappa shape index (κ2) is 6.50. The van der Waals surface area contributed by atoms with Crippen LogP contribution in [0.1, 0.15) is 35.8 Å². The molecule has 5 heteroatoms. The molecule has 1 amide bonds. The van der Waals surface area contributed by atoms with Crippen LogP contribution in [-0.2, 0) is 9.53 Å². The zero-order valence-corrected chi connectivity index (χ0v) is 12.0. The Morgan fingerprint density at radius 1 is 1.50 bits per heavy atom. The number of pyridine rings is 1. The van der Waals surface area contributed by atoms with Gasteiger partial charge in [-0.25, -0.2) is 0 Å². The molecule has 0 spiro atoms. The minimum atomic E-state index is -0.204. The quantitative estimate of drug-likeness (QED) is 0.790. The van der Waals surface area contributed by atoms with Crippen molar-refractivity contribution in [2.45, 2.75) is 26.7 Å². The Morgan fingerprint density at radius 2 is 2.30 bits per heavy atom. The number of esters is 1. The first kappa shape index (κ1) is 14.5. The van der Waals surface area contributed by atoms with Crippen LogP contribution in [0.5, 0.6) is 0 Å². The third kappa shape index (κ3) is 3.15. The van der Waals surface area contributed by atoms with Crippen LogP contribution in [0, 0.1) is 12.8 Å². The Hall–Kier alpha value is -1.91. The summed E-state index contributed by atoms with van der Waals surface area (Å²) in [5.74, 6) is -0.456. The number of amides is 1. The van der Waals surface area contributed by atoms with E-state index in [-0.39, 0.29) is 17.8 Å². The van der Waals surface area contributed by atoms with Crippen LogP contribution in [0.3, 0.4) is 0 Å². The molecular formula is C15H20N2O3. The van der Waals surface area contributed by atoms with Gasteiger partial charge in [-0.3, -0.25) is 14.6 Å². The lowest BCUT2D eigenvalue weighted by atomic mass is 9.97. The van der Waals surface area contributed by atoms with Crippen molar-refractivity contribution in [3.05, 3.63) is 29.6 Å². The predicted octanol–water partition coefficient (Wildman–Crippen LogP) is 1.81. The van der Waals surface area contributed by atoms with Gasteiger partial charge in [0.25, 0.3) is 5.91 Å². The van der Waals surface area contributed by atoms with Gasteiger partial charge in [-0.2, -0.15) is 0 Å². The average Bonchev–Trinajstić information content (AvgIpc) is 2.47. The van der Waals surface area contributed by atoms with Gasteiger partial charge in [0.1, 0.15) is 0 Å². The highest BCUT2D eigenvalue weighted by Crippen LogP contribution is 2.20. The molecule has 5 nitrogen and oxygen atoms in total. The number of hydrogen-bond acceptors (Lipinski definition) is 4. The molecule has 0 radical (unpaired) electrons. The number of hydrogen-bond donors (Lipinski definition) is 0. The molecule has 0 unspecified atom stereocenters. The Morgan fingerprint density at radius 3 is 3.00 bits per heavy atom. The van der Waals surface area contributed by atoms with Crippen molar-refractivity contribution in [1.82, 2.24) is 9.88 Å². The molecule has 20 heavy (non-hydrogen) atoms. The Balaban J connectivity index is 2.07. The number of ether oxygens (including phenoxy) is 1. The predicted molar refractivity (Wildman–Crippen MR) is 74.2 cm³/mol. The van der Waals surface area contributed by atoms with Crippen molar-refractivity contribution >= 4 is 11.9 Å². The average molecular weight is 276 g/mol. The normalized spacial score (nSPS) is 18.7. The SMILES string of the molecule is CCOC(=O)[C@@H]1CCCN(C(=O)c2cccnc2C)C1. The van der Waals surface area contributed by atoms with Gasteiger partial charge in [0.15, 0.2) is 0 Å². The van der Waals surface area contributed by atoms with Crippen LogP contribution in [0.25, 0.3) is 0 Å². The van der Waals surface area contributed by atoms with Gasteiger partial charge in [-0.1, -0.05) is 0 Å². The molecule has 2 heterocycles. The summed E-state index contributed by atoms with van der Waals surface area (Å²) < 4.78 is 5.05. The van der Waals surface area contributed by atoms with Crippen molar-refractivity contribution in [2.24, 2.45) is 5.92 Å². The summed E-state index contributed by atoms with van der Waals surface area (Å²) in [5.41, 5.74) is 1.33. The molecule has 0 saturated carbocycles. The summed E-state index contributed by atoms with van der Waals surface area (Å²) in [6.07, 6.45) is 3.28. The second-order valence-electron chi connectivity index (χ2n) is 4.98. The lowest BCUT2D eigenvalue weighted by Gasteiger charge is -2.31. The number of carbonyl (C=O) groups is 2. The maximum absolute atomic E-state index is 12.5. The van der Waals surface area contributed by atoms with E-state index in [4.69, 9.17) is 4.74 Å². The molecular weight excluding hydrogens is 256 g/mol. The summed E-state index contributed by atoms with van der Waals surface area (Å²) >= 11 is 0. The van der Waals surface area contributed by atoms with Gasteiger partial charge < -0.3 is 9.64 Å². The summed E-state index contributed by atoms with van der Waals surface area (Å²) in [7, 11) is 0. The van der Waals surface area contributed by atoms with Crippen molar-refractivity contribution in [3.63, 3.8) is 0 Å². The smallest absolute Gasteiger partial charge is 0.310 e. The zero-order chi connectivity index (χ0) is 14.5. The van der Waals surface area contributed by atoms with Gasteiger partial charge in [0, 0.05) is 25.0 Å². The molecule has 1 aliphatic rings. The highest BCUT2D eigenvalue weighted by Gasteiger charge is 2.30. The Kier molecular flexibility index (Phi) is 4.71. The molecule has 1 aromatic rings. The minimum Gasteiger partial charge on any atom is -0.466 e. The van der Waals surface area contributed by atoms with E-state index in [0.29, 0.717) is 25.3 Å². The first-order chi connectivity index (χ1) is 9.63. The number of piperidine rings is 1. The molecule has 108 valence electrons. The fourth-order valence-corrected chi connectivity index (χ4v) is 2.49. The first-order valence-corrected chi connectivity index (χ1v) is 7.01. The maximum Gasteiger partial charge on any atom is 0.310 e. The van der Waals surface area contributed by atoms with E-state index in [1.165, 1.54) is 0 Å². The fourth-order valence-electron chi connectivity index (χ4n) is 2.49. The molecule has 0 aromatic carbocycles. The first-order valence-electron chi connectivity index (χ1n) is 7.01. The van der Waals surface area contributed by atoms with E-state index in [0.717, 1.165) is 18.5 Å². The Labute approximate surface area is 118 Å². The van der Waals surface area contributed by atoms with E-state index >= 15 is 0 Å². The van der Waals surface area contributed by atoms with Crippen molar-refractivity contribution in [3.8, 4) is 0 Å². The number of carbonyl (C=O) groups excluding carboxylic acids is 2. The van der Waals surface area contributed by atoms with Gasteiger partial charge in [0.2, 0.25) is 0 Å². The lowest BCUT2D eigenvalue weighted by molar-refractivity contribution is -0.149. The summed E-state index contributed by atoms with van der Waals surface area (Å²) in [6.45, 7) is 5.11. The fraction of sp³-hybridized carbons (Fsp3) is 0.533. The van der Waals surface area contributed by atoms with E-state index in [1.54, 1.807) is 30.2 Å². The maximum atomic E-state index is 12.5. The number of aryl methyl sites for hydroxylation is 1. The van der Waals surface area contributed by atoms with E-state index in [1.807, 2.05) is 6.92 Å². The topological polar surface area (TPSA) is 59.5 Å². The molecule has 1 fully saturated rings. The molecule has 1 atom stereocenters. The summed E-state index contributed by atoms with van der Waals surface area (Å²) in [5, 5.41) is 0. The third-order valence-electron chi connectivity index (χ3n) is 3.57. The van der Waals surface area contributed by atoms with Crippen LogP contribution in [0.4, 0.5) is 0 Å². The van der Waals surface area contributed by atoms with Crippen LogP contribution in [-0.4, -0.2) is 41.5 Å². The number of likely N-dealkylation sites (tertiary alicyclic amines) is 1. The highest BCUT2D eigenvalue weighted by atomic mass is 16.5.